The third-order valence-electron chi connectivity index (χ3n) is 8.73. The number of rotatable bonds is 6. The summed E-state index contributed by atoms with van der Waals surface area (Å²) in [6, 6.07) is 53.2. The average molecular weight is 859 g/mol. The normalized spacial score (nSPS) is 11.5. The van der Waals surface area contributed by atoms with Gasteiger partial charge in [0.1, 0.15) is 11.3 Å². The Labute approximate surface area is 312 Å². The number of allylic oxidation sites excluding steroid dienone is 1. The molecule has 0 amide bonds. The third kappa shape index (κ3) is 7.84. The average Bonchev–Trinajstić information content (AvgIpc) is 3.53. The second kappa shape index (κ2) is 15.2. The fourth-order valence-corrected chi connectivity index (χ4v) is 7.17. The molecule has 6 aromatic carbocycles. The minimum absolute atomic E-state index is 0. The number of aliphatic hydroxyl groups is 1. The van der Waals surface area contributed by atoms with Gasteiger partial charge in [0.25, 0.3) is 0 Å². The van der Waals surface area contributed by atoms with Gasteiger partial charge in [-0.25, -0.2) is 0 Å². The molecule has 2 heterocycles. The summed E-state index contributed by atoms with van der Waals surface area (Å²) in [5, 5.41) is 14.6. The first-order valence-electron chi connectivity index (χ1n) is 16.6. The molecule has 0 atom stereocenters. The van der Waals surface area contributed by atoms with Crippen LogP contribution in [0.25, 0.3) is 61.0 Å². The molecule has 0 spiro atoms. The van der Waals surface area contributed by atoms with Gasteiger partial charge in [-0.2, -0.15) is 0 Å². The topological polar surface area (TPSA) is 63.3 Å². The molecule has 0 saturated heterocycles. The Hall–Kier alpha value is -5.39. The van der Waals surface area contributed by atoms with E-state index < -0.39 is 8.07 Å². The van der Waals surface area contributed by atoms with Gasteiger partial charge in [0.15, 0.2) is 5.78 Å². The predicted molar refractivity (Wildman–Crippen MR) is 210 cm³/mol. The molecular formula is C45H36IrNO3Si-. The van der Waals surface area contributed by atoms with E-state index in [9.17, 15) is 9.90 Å². The van der Waals surface area contributed by atoms with Crippen LogP contribution in [-0.4, -0.2) is 23.9 Å². The summed E-state index contributed by atoms with van der Waals surface area (Å²) in [7, 11) is -1.42. The number of benzene rings is 6. The molecule has 0 aliphatic carbocycles. The molecule has 0 fully saturated rings. The summed E-state index contributed by atoms with van der Waals surface area (Å²) in [5.74, 6) is -0.216. The van der Waals surface area contributed by atoms with Crippen molar-refractivity contribution >= 4 is 57.6 Å². The smallest absolute Gasteiger partial charge is 0.189 e. The molecule has 1 radical (unpaired) electrons. The SMILES string of the molecule is C[Si](C)(C)c1ccc2nc(-c3[c-]cc4oc5ccccc5c4c3)c(-c3ccccc3)cc2c1.O=C(/C=C(\O)c1ccccc1)c1ccccc1.[Ir]. The molecule has 8 aromatic rings. The maximum Gasteiger partial charge on any atom is 0.189 e. The van der Waals surface area contributed by atoms with Crippen LogP contribution in [0.3, 0.4) is 0 Å². The zero-order valence-electron chi connectivity index (χ0n) is 28.6. The number of ketones is 1. The largest absolute Gasteiger partial charge is 0.507 e. The Bertz CT molecular complexity index is 2490. The van der Waals surface area contributed by atoms with Gasteiger partial charge in [-0.1, -0.05) is 158 Å². The molecular weight excluding hydrogens is 823 g/mol. The number of pyridine rings is 1. The maximum absolute atomic E-state index is 11.8. The van der Waals surface area contributed by atoms with E-state index in [-0.39, 0.29) is 31.6 Å². The zero-order valence-corrected chi connectivity index (χ0v) is 32.0. The Balaban J connectivity index is 0.000000211. The number of hydrogen-bond donors (Lipinski definition) is 1. The van der Waals surface area contributed by atoms with Crippen molar-refractivity contribution in [2.24, 2.45) is 0 Å². The van der Waals surface area contributed by atoms with E-state index in [0.717, 1.165) is 49.8 Å². The molecule has 6 heteroatoms. The van der Waals surface area contributed by atoms with Gasteiger partial charge < -0.3 is 9.52 Å². The molecule has 8 rings (SSSR count). The van der Waals surface area contributed by atoms with Gasteiger partial charge in [-0.05, 0) is 34.3 Å². The molecule has 1 N–H and O–H groups in total. The van der Waals surface area contributed by atoms with Gasteiger partial charge in [0, 0.05) is 42.7 Å². The zero-order chi connectivity index (χ0) is 34.7. The molecule has 2 aromatic heterocycles. The van der Waals surface area contributed by atoms with Crippen LogP contribution in [0, 0.1) is 6.07 Å². The van der Waals surface area contributed by atoms with E-state index in [0.29, 0.717) is 11.1 Å². The molecule has 51 heavy (non-hydrogen) atoms. The van der Waals surface area contributed by atoms with Gasteiger partial charge in [0.05, 0.1) is 19.2 Å². The fraction of sp³-hybridized carbons (Fsp3) is 0.0667. The number of aromatic nitrogens is 1. The number of hydrogen-bond acceptors (Lipinski definition) is 4. The Morgan fingerprint density at radius 1 is 0.706 bits per heavy atom. The summed E-state index contributed by atoms with van der Waals surface area (Å²) in [6.45, 7) is 7.15. The number of carbonyl (C=O) groups excluding carboxylic acids is 1. The minimum Gasteiger partial charge on any atom is -0.507 e. The molecule has 4 nitrogen and oxygen atoms in total. The second-order valence-corrected chi connectivity index (χ2v) is 18.3. The van der Waals surface area contributed by atoms with Crippen molar-refractivity contribution in [1.82, 2.24) is 4.98 Å². The number of para-hydroxylation sites is 1. The monoisotopic (exact) mass is 859 g/mol. The van der Waals surface area contributed by atoms with Crippen molar-refractivity contribution in [2.75, 3.05) is 0 Å². The summed E-state index contributed by atoms with van der Waals surface area (Å²) < 4.78 is 6.03. The molecule has 0 unspecified atom stereocenters. The van der Waals surface area contributed by atoms with Gasteiger partial charge >= 0.3 is 0 Å². The predicted octanol–water partition coefficient (Wildman–Crippen LogP) is 11.3. The van der Waals surface area contributed by atoms with Crippen LogP contribution in [0.4, 0.5) is 0 Å². The summed E-state index contributed by atoms with van der Waals surface area (Å²) in [4.78, 5) is 17.0. The summed E-state index contributed by atoms with van der Waals surface area (Å²) in [5.41, 5.74) is 8.16. The second-order valence-electron chi connectivity index (χ2n) is 13.3. The standard InChI is InChI=1S/C30H24NOSi.C15H12O2.Ir/c1-33(2,3)23-14-15-27-22(17-23)19-25(20-9-5-4-6-10-20)30(31-27)21-13-16-29-26(18-21)24-11-7-8-12-28(24)32-29;16-14(12-7-3-1-4-8-12)11-15(17)13-9-5-2-6-10-13;/h4-12,14-19H,1-3H3;1-11,16H;/q-1;;/b;14-11-;. The Morgan fingerprint density at radius 2 is 1.33 bits per heavy atom. The van der Waals surface area contributed by atoms with Crippen LogP contribution in [-0.2, 0) is 20.1 Å². The molecule has 0 aliphatic rings. The third-order valence-corrected chi connectivity index (χ3v) is 10.8. The molecule has 253 valence electrons. The van der Waals surface area contributed by atoms with Crippen LogP contribution in [0.2, 0.25) is 19.6 Å². The van der Waals surface area contributed by atoms with Crippen molar-refractivity contribution in [1.29, 1.82) is 0 Å². The van der Waals surface area contributed by atoms with E-state index >= 15 is 0 Å². The molecule has 0 bridgehead atoms. The van der Waals surface area contributed by atoms with E-state index in [2.05, 4.69) is 92.4 Å². The van der Waals surface area contributed by atoms with Crippen molar-refractivity contribution < 1.29 is 34.4 Å². The van der Waals surface area contributed by atoms with Crippen molar-refractivity contribution in [2.45, 2.75) is 19.6 Å². The van der Waals surface area contributed by atoms with Gasteiger partial charge in [-0.15, -0.1) is 23.8 Å². The first kappa shape index (κ1) is 35.4. The number of fused-ring (bicyclic) bond motifs is 4. The Morgan fingerprint density at radius 3 is 2.02 bits per heavy atom. The fourth-order valence-electron chi connectivity index (χ4n) is 5.99. The van der Waals surface area contributed by atoms with Crippen LogP contribution < -0.4 is 5.19 Å². The van der Waals surface area contributed by atoms with E-state index in [1.807, 2.05) is 48.5 Å². The number of aliphatic hydroxyl groups excluding tert-OH is 1. The Kier molecular flexibility index (Phi) is 10.6. The van der Waals surface area contributed by atoms with Crippen LogP contribution in [0.1, 0.15) is 15.9 Å². The van der Waals surface area contributed by atoms with E-state index in [1.165, 1.54) is 16.6 Å². The first-order chi connectivity index (χ1) is 24.2. The number of furan rings is 1. The van der Waals surface area contributed by atoms with Crippen LogP contribution in [0.15, 0.2) is 162 Å². The number of nitrogens with zero attached hydrogens (tertiary/aromatic N) is 1. The van der Waals surface area contributed by atoms with Crippen molar-refractivity contribution in [3.05, 3.63) is 175 Å². The summed E-state index contributed by atoms with van der Waals surface area (Å²) >= 11 is 0. The van der Waals surface area contributed by atoms with Crippen molar-refractivity contribution in [3.63, 3.8) is 0 Å². The number of carbonyl (C=O) groups is 1. The summed E-state index contributed by atoms with van der Waals surface area (Å²) in [6.07, 6.45) is 1.24. The van der Waals surface area contributed by atoms with Gasteiger partial charge in [0.2, 0.25) is 0 Å². The maximum atomic E-state index is 11.8. The molecule has 0 aliphatic heterocycles. The van der Waals surface area contributed by atoms with E-state index in [1.54, 1.807) is 36.4 Å². The quantitative estimate of drug-likeness (QED) is 0.0595. The van der Waals surface area contributed by atoms with E-state index in [4.69, 9.17) is 9.40 Å². The molecule has 0 saturated carbocycles. The van der Waals surface area contributed by atoms with Crippen LogP contribution >= 0.6 is 0 Å². The first-order valence-corrected chi connectivity index (χ1v) is 20.1. The van der Waals surface area contributed by atoms with Crippen LogP contribution in [0.5, 0.6) is 0 Å². The minimum atomic E-state index is -1.42. The van der Waals surface area contributed by atoms with Crippen molar-refractivity contribution in [3.8, 4) is 22.4 Å². The van der Waals surface area contributed by atoms with Gasteiger partial charge in [-0.3, -0.25) is 9.78 Å².